The lowest BCUT2D eigenvalue weighted by molar-refractivity contribution is 0.319. The Hall–Kier alpha value is -2.11. The van der Waals surface area contributed by atoms with E-state index in [0.717, 1.165) is 41.8 Å². The largest absolute Gasteiger partial charge is 0.296 e. The van der Waals surface area contributed by atoms with Gasteiger partial charge < -0.3 is 0 Å². The van der Waals surface area contributed by atoms with Crippen molar-refractivity contribution in [2.24, 2.45) is 0 Å². The zero-order valence-corrected chi connectivity index (χ0v) is 16.4. The van der Waals surface area contributed by atoms with Crippen molar-refractivity contribution in [3.63, 3.8) is 0 Å². The van der Waals surface area contributed by atoms with E-state index in [2.05, 4.69) is 80.3 Å². The molecule has 1 aliphatic heterocycles. The van der Waals surface area contributed by atoms with E-state index in [4.69, 9.17) is 0 Å². The van der Waals surface area contributed by atoms with Gasteiger partial charge in [-0.25, -0.2) is 0 Å². The highest BCUT2D eigenvalue weighted by Crippen LogP contribution is 2.24. The SMILES string of the molecule is c1ccc(CCCSc2nnc(CN3CCCC3)n2-c2ccccc2)cc1. The van der Waals surface area contributed by atoms with Gasteiger partial charge >= 0.3 is 0 Å². The highest BCUT2D eigenvalue weighted by Gasteiger charge is 2.19. The Kier molecular flexibility index (Phi) is 6.22. The molecule has 2 aromatic carbocycles. The van der Waals surface area contributed by atoms with Gasteiger partial charge in [0.1, 0.15) is 0 Å². The lowest BCUT2D eigenvalue weighted by Crippen LogP contribution is -2.21. The van der Waals surface area contributed by atoms with E-state index in [1.54, 1.807) is 0 Å². The minimum Gasteiger partial charge on any atom is -0.296 e. The molecule has 0 radical (unpaired) electrons. The predicted octanol–water partition coefficient (Wildman–Crippen LogP) is 4.59. The molecule has 1 fully saturated rings. The van der Waals surface area contributed by atoms with E-state index < -0.39 is 0 Å². The second-order valence-electron chi connectivity index (χ2n) is 6.99. The molecule has 5 heteroatoms. The summed E-state index contributed by atoms with van der Waals surface area (Å²) in [4.78, 5) is 2.48. The van der Waals surface area contributed by atoms with E-state index >= 15 is 0 Å². The fraction of sp³-hybridized carbons (Fsp3) is 0.364. The van der Waals surface area contributed by atoms with Crippen LogP contribution in [0.2, 0.25) is 0 Å². The molecule has 1 aliphatic rings. The highest BCUT2D eigenvalue weighted by atomic mass is 32.2. The Morgan fingerprint density at radius 1 is 0.852 bits per heavy atom. The van der Waals surface area contributed by atoms with Crippen LogP contribution in [0.15, 0.2) is 65.8 Å². The van der Waals surface area contributed by atoms with Crippen molar-refractivity contribution in [3.8, 4) is 5.69 Å². The molecule has 0 unspecified atom stereocenters. The Morgan fingerprint density at radius 3 is 2.30 bits per heavy atom. The van der Waals surface area contributed by atoms with Crippen molar-refractivity contribution in [1.82, 2.24) is 19.7 Å². The van der Waals surface area contributed by atoms with Gasteiger partial charge in [0.2, 0.25) is 0 Å². The van der Waals surface area contributed by atoms with Gasteiger partial charge in [0, 0.05) is 11.4 Å². The number of rotatable bonds is 8. The van der Waals surface area contributed by atoms with Crippen LogP contribution in [-0.2, 0) is 13.0 Å². The molecule has 4 nitrogen and oxygen atoms in total. The zero-order chi connectivity index (χ0) is 18.3. The number of aromatic nitrogens is 3. The molecule has 0 amide bonds. The average molecular weight is 379 g/mol. The van der Waals surface area contributed by atoms with Crippen molar-refractivity contribution >= 4 is 11.8 Å². The maximum Gasteiger partial charge on any atom is 0.195 e. The third-order valence-electron chi connectivity index (χ3n) is 4.96. The van der Waals surface area contributed by atoms with Crippen LogP contribution in [0.4, 0.5) is 0 Å². The number of hydrogen-bond acceptors (Lipinski definition) is 4. The summed E-state index contributed by atoms with van der Waals surface area (Å²) < 4.78 is 2.24. The first-order valence-electron chi connectivity index (χ1n) is 9.79. The van der Waals surface area contributed by atoms with Crippen LogP contribution >= 0.6 is 11.8 Å². The monoisotopic (exact) mass is 378 g/mol. The second kappa shape index (κ2) is 9.20. The number of aryl methyl sites for hydroxylation is 1. The number of hydrogen-bond donors (Lipinski definition) is 0. The van der Waals surface area contributed by atoms with Crippen molar-refractivity contribution < 1.29 is 0 Å². The van der Waals surface area contributed by atoms with Crippen LogP contribution in [0.3, 0.4) is 0 Å². The van der Waals surface area contributed by atoms with E-state index in [1.165, 1.54) is 31.5 Å². The van der Waals surface area contributed by atoms with E-state index in [0.29, 0.717) is 0 Å². The second-order valence-corrected chi connectivity index (χ2v) is 8.05. The smallest absolute Gasteiger partial charge is 0.195 e. The number of benzene rings is 2. The minimum atomic E-state index is 0.881. The molecular formula is C22H26N4S. The summed E-state index contributed by atoms with van der Waals surface area (Å²) in [5, 5.41) is 10.1. The molecule has 1 aromatic heterocycles. The standard InChI is InChI=1S/C22H26N4S/c1-3-10-19(11-4-1)12-9-17-27-22-24-23-21(18-25-15-7-8-16-25)26(22)20-13-5-2-6-14-20/h1-6,10-11,13-14H,7-9,12,15-18H2. The molecule has 3 aromatic rings. The molecule has 0 bridgehead atoms. The number of likely N-dealkylation sites (tertiary alicyclic amines) is 1. The molecule has 140 valence electrons. The summed E-state index contributed by atoms with van der Waals surface area (Å²) in [6, 6.07) is 21.2. The molecule has 0 N–H and O–H groups in total. The first-order chi connectivity index (χ1) is 13.4. The maximum atomic E-state index is 4.54. The van der Waals surface area contributed by atoms with E-state index in [1.807, 2.05) is 11.8 Å². The van der Waals surface area contributed by atoms with Crippen molar-refractivity contribution in [2.45, 2.75) is 37.4 Å². The van der Waals surface area contributed by atoms with Crippen LogP contribution in [0.5, 0.6) is 0 Å². The molecule has 1 saturated heterocycles. The lowest BCUT2D eigenvalue weighted by Gasteiger charge is -2.16. The van der Waals surface area contributed by atoms with Crippen LogP contribution in [0.1, 0.15) is 30.7 Å². The van der Waals surface area contributed by atoms with Gasteiger partial charge in [-0.15, -0.1) is 10.2 Å². The van der Waals surface area contributed by atoms with Crippen molar-refractivity contribution in [2.75, 3.05) is 18.8 Å². The highest BCUT2D eigenvalue weighted by molar-refractivity contribution is 7.99. The Morgan fingerprint density at radius 2 is 1.56 bits per heavy atom. The normalized spacial score (nSPS) is 14.7. The predicted molar refractivity (Wildman–Crippen MR) is 111 cm³/mol. The van der Waals surface area contributed by atoms with Crippen LogP contribution in [0.25, 0.3) is 5.69 Å². The first-order valence-corrected chi connectivity index (χ1v) is 10.8. The Labute approximate surface area is 165 Å². The molecule has 4 rings (SSSR count). The first kappa shape index (κ1) is 18.3. The summed E-state index contributed by atoms with van der Waals surface area (Å²) in [7, 11) is 0. The maximum absolute atomic E-state index is 4.54. The number of nitrogens with zero attached hydrogens (tertiary/aromatic N) is 4. The molecule has 27 heavy (non-hydrogen) atoms. The minimum absolute atomic E-state index is 0.881. The molecule has 0 atom stereocenters. The molecule has 0 saturated carbocycles. The lowest BCUT2D eigenvalue weighted by atomic mass is 10.1. The van der Waals surface area contributed by atoms with Gasteiger partial charge in [-0.05, 0) is 56.5 Å². The van der Waals surface area contributed by atoms with Crippen LogP contribution in [-0.4, -0.2) is 38.5 Å². The van der Waals surface area contributed by atoms with Gasteiger partial charge in [0.25, 0.3) is 0 Å². The number of para-hydroxylation sites is 1. The summed E-state index contributed by atoms with van der Waals surface area (Å²) in [5.41, 5.74) is 2.56. The fourth-order valence-electron chi connectivity index (χ4n) is 3.56. The molecular weight excluding hydrogens is 352 g/mol. The summed E-state index contributed by atoms with van der Waals surface area (Å²) in [6.07, 6.45) is 4.83. The molecule has 0 spiro atoms. The zero-order valence-electron chi connectivity index (χ0n) is 15.6. The van der Waals surface area contributed by atoms with Crippen molar-refractivity contribution in [3.05, 3.63) is 72.1 Å². The van der Waals surface area contributed by atoms with Crippen LogP contribution in [0, 0.1) is 0 Å². The third kappa shape index (κ3) is 4.79. The van der Waals surface area contributed by atoms with E-state index in [-0.39, 0.29) is 0 Å². The summed E-state index contributed by atoms with van der Waals surface area (Å²) in [6.45, 7) is 3.22. The van der Waals surface area contributed by atoms with Gasteiger partial charge in [-0.1, -0.05) is 60.3 Å². The summed E-state index contributed by atoms with van der Waals surface area (Å²) >= 11 is 1.81. The van der Waals surface area contributed by atoms with Gasteiger partial charge in [0.15, 0.2) is 11.0 Å². The molecule has 0 aliphatic carbocycles. The topological polar surface area (TPSA) is 34.0 Å². The van der Waals surface area contributed by atoms with Gasteiger partial charge in [-0.2, -0.15) is 0 Å². The fourth-order valence-corrected chi connectivity index (χ4v) is 4.47. The quantitative estimate of drug-likeness (QED) is 0.424. The average Bonchev–Trinajstić information content (AvgIpc) is 3.37. The third-order valence-corrected chi connectivity index (χ3v) is 5.98. The molecule has 2 heterocycles. The Bertz CT molecular complexity index is 826. The van der Waals surface area contributed by atoms with Crippen LogP contribution < -0.4 is 0 Å². The van der Waals surface area contributed by atoms with E-state index in [9.17, 15) is 0 Å². The Balaban J connectivity index is 1.45. The number of thioether (sulfide) groups is 1. The summed E-state index contributed by atoms with van der Waals surface area (Å²) in [5.74, 6) is 2.09. The van der Waals surface area contributed by atoms with Gasteiger partial charge in [0.05, 0.1) is 6.54 Å². The van der Waals surface area contributed by atoms with Gasteiger partial charge in [-0.3, -0.25) is 9.47 Å². The van der Waals surface area contributed by atoms with Crippen molar-refractivity contribution in [1.29, 1.82) is 0 Å².